The molecule has 12 heavy (non-hydrogen) atoms. The van der Waals surface area contributed by atoms with Gasteiger partial charge in [-0.05, 0) is 50.9 Å². The van der Waals surface area contributed by atoms with Gasteiger partial charge >= 0.3 is 0 Å². The molecule has 0 aromatic heterocycles. The summed E-state index contributed by atoms with van der Waals surface area (Å²) in [6, 6.07) is 3.65. The van der Waals surface area contributed by atoms with Crippen LogP contribution in [0, 0.1) is 0 Å². The summed E-state index contributed by atoms with van der Waals surface area (Å²) in [6.45, 7) is 2.58. The minimum atomic E-state index is 0.646. The van der Waals surface area contributed by atoms with Crippen molar-refractivity contribution in [1.29, 1.82) is 0 Å². The molecule has 0 saturated heterocycles. The average molecular weight is 314 g/mol. The van der Waals surface area contributed by atoms with Crippen molar-refractivity contribution in [2.45, 2.75) is 6.92 Å². The summed E-state index contributed by atoms with van der Waals surface area (Å²) in [5.41, 5.74) is 0. The monoisotopic (exact) mass is 312 g/mol. The normalized spacial score (nSPS) is 10.0. The molecule has 0 aliphatic heterocycles. The van der Waals surface area contributed by atoms with Crippen LogP contribution in [0.25, 0.3) is 0 Å². The largest absolute Gasteiger partial charge is 0.493 e. The van der Waals surface area contributed by atoms with Crippen LogP contribution in [-0.2, 0) is 0 Å². The number of benzene rings is 1. The minimum Gasteiger partial charge on any atom is -0.493 e. The van der Waals surface area contributed by atoms with E-state index in [1.54, 1.807) is 6.07 Å². The Labute approximate surface area is 93.3 Å². The van der Waals surface area contributed by atoms with E-state index in [0.29, 0.717) is 11.6 Å². The first-order valence-electron chi connectivity index (χ1n) is 3.42. The van der Waals surface area contributed by atoms with Crippen molar-refractivity contribution in [2.75, 3.05) is 6.61 Å². The summed E-state index contributed by atoms with van der Waals surface area (Å²) in [4.78, 5) is 0. The Kier molecular flexibility index (Phi) is 3.87. The van der Waals surface area contributed by atoms with Crippen molar-refractivity contribution < 1.29 is 4.74 Å². The molecule has 1 aromatic carbocycles. The molecule has 1 aromatic rings. The summed E-state index contributed by atoms with van der Waals surface area (Å²) in [7, 11) is 0. The molecule has 0 bridgehead atoms. The van der Waals surface area contributed by atoms with E-state index >= 15 is 0 Å². The van der Waals surface area contributed by atoms with Crippen LogP contribution < -0.4 is 4.74 Å². The average Bonchev–Trinajstić information content (AvgIpc) is 2.01. The van der Waals surface area contributed by atoms with Crippen LogP contribution >= 0.6 is 43.5 Å². The Hall–Kier alpha value is 0.270. The van der Waals surface area contributed by atoms with Gasteiger partial charge in [-0.1, -0.05) is 11.6 Å². The van der Waals surface area contributed by atoms with Gasteiger partial charge in [-0.25, -0.2) is 0 Å². The molecule has 0 N–H and O–H groups in total. The minimum absolute atomic E-state index is 0.646. The number of ether oxygens (including phenoxy) is 1. The van der Waals surface area contributed by atoms with Crippen molar-refractivity contribution in [3.05, 3.63) is 26.1 Å². The molecule has 1 nitrogen and oxygen atoms in total. The lowest BCUT2D eigenvalue weighted by Crippen LogP contribution is -1.92. The van der Waals surface area contributed by atoms with Crippen molar-refractivity contribution in [2.24, 2.45) is 0 Å². The van der Waals surface area contributed by atoms with Crippen LogP contribution in [-0.4, -0.2) is 6.61 Å². The lowest BCUT2D eigenvalue weighted by Gasteiger charge is -2.06. The number of hydrogen-bond donors (Lipinski definition) is 0. The van der Waals surface area contributed by atoms with E-state index in [1.807, 2.05) is 13.0 Å². The zero-order valence-corrected chi connectivity index (χ0v) is 10.3. The fourth-order valence-electron chi connectivity index (χ4n) is 0.770. The van der Waals surface area contributed by atoms with Crippen LogP contribution in [0.5, 0.6) is 5.75 Å². The summed E-state index contributed by atoms with van der Waals surface area (Å²) in [5, 5.41) is 0.672. The van der Waals surface area contributed by atoms with Gasteiger partial charge in [-0.2, -0.15) is 0 Å². The molecule has 66 valence electrons. The molecular weight excluding hydrogens is 307 g/mol. The van der Waals surface area contributed by atoms with Gasteiger partial charge in [0.15, 0.2) is 0 Å². The molecule has 0 aliphatic rings. The second kappa shape index (κ2) is 4.49. The molecular formula is C8H7Br2ClO. The molecule has 0 unspecified atom stereocenters. The fourth-order valence-corrected chi connectivity index (χ4v) is 1.85. The highest BCUT2D eigenvalue weighted by Crippen LogP contribution is 2.34. The van der Waals surface area contributed by atoms with Crippen LogP contribution in [0.15, 0.2) is 21.1 Å². The SMILES string of the molecule is CCOc1cc(Br)c(Cl)cc1Br. The van der Waals surface area contributed by atoms with Gasteiger partial charge in [0.2, 0.25) is 0 Å². The molecule has 0 amide bonds. The Morgan fingerprint density at radius 3 is 2.58 bits per heavy atom. The van der Waals surface area contributed by atoms with Crippen LogP contribution in [0.4, 0.5) is 0 Å². The Morgan fingerprint density at radius 1 is 1.33 bits per heavy atom. The van der Waals surface area contributed by atoms with Crippen molar-refractivity contribution in [3.63, 3.8) is 0 Å². The lowest BCUT2D eigenvalue weighted by atomic mass is 10.3. The van der Waals surface area contributed by atoms with Crippen LogP contribution in [0.1, 0.15) is 6.92 Å². The second-order valence-electron chi connectivity index (χ2n) is 2.13. The molecule has 4 heteroatoms. The smallest absolute Gasteiger partial charge is 0.134 e. The quantitative estimate of drug-likeness (QED) is 0.741. The standard InChI is InChI=1S/C8H7Br2ClO/c1-2-12-8-4-5(9)7(11)3-6(8)10/h3-4H,2H2,1H3. The maximum absolute atomic E-state index is 5.85. The van der Waals surface area contributed by atoms with E-state index < -0.39 is 0 Å². The van der Waals surface area contributed by atoms with E-state index in [1.165, 1.54) is 0 Å². The van der Waals surface area contributed by atoms with Crippen molar-refractivity contribution in [1.82, 2.24) is 0 Å². The molecule has 0 heterocycles. The molecule has 0 aliphatic carbocycles. The Balaban J connectivity index is 3.05. The predicted molar refractivity (Wildman–Crippen MR) is 58.0 cm³/mol. The van der Waals surface area contributed by atoms with Gasteiger partial charge in [-0.15, -0.1) is 0 Å². The van der Waals surface area contributed by atoms with Gasteiger partial charge in [0, 0.05) is 4.47 Å². The van der Waals surface area contributed by atoms with E-state index in [9.17, 15) is 0 Å². The first kappa shape index (κ1) is 10.4. The van der Waals surface area contributed by atoms with Crippen molar-refractivity contribution in [3.8, 4) is 5.75 Å². The number of halogens is 3. The molecule has 0 saturated carbocycles. The maximum Gasteiger partial charge on any atom is 0.134 e. The molecule has 0 fully saturated rings. The lowest BCUT2D eigenvalue weighted by molar-refractivity contribution is 0.338. The topological polar surface area (TPSA) is 9.23 Å². The van der Waals surface area contributed by atoms with E-state index in [4.69, 9.17) is 16.3 Å². The summed E-state index contributed by atoms with van der Waals surface area (Å²) in [6.07, 6.45) is 0. The molecule has 0 atom stereocenters. The van der Waals surface area contributed by atoms with Gasteiger partial charge in [0.1, 0.15) is 5.75 Å². The Bertz CT molecular complexity index is 289. The van der Waals surface area contributed by atoms with Gasteiger partial charge in [-0.3, -0.25) is 0 Å². The third kappa shape index (κ3) is 2.38. The highest BCUT2D eigenvalue weighted by Gasteiger charge is 2.04. The molecule has 1 rings (SSSR count). The van der Waals surface area contributed by atoms with Gasteiger partial charge in [0.25, 0.3) is 0 Å². The third-order valence-corrected chi connectivity index (χ3v) is 3.09. The predicted octanol–water partition coefficient (Wildman–Crippen LogP) is 4.26. The number of rotatable bonds is 2. The maximum atomic E-state index is 5.85. The summed E-state index contributed by atoms with van der Waals surface area (Å²) < 4.78 is 7.05. The zero-order chi connectivity index (χ0) is 9.14. The second-order valence-corrected chi connectivity index (χ2v) is 4.25. The first-order chi connectivity index (χ1) is 5.65. The van der Waals surface area contributed by atoms with Gasteiger partial charge in [0.05, 0.1) is 16.1 Å². The van der Waals surface area contributed by atoms with Crippen LogP contribution in [0.2, 0.25) is 5.02 Å². The Morgan fingerprint density at radius 2 is 2.00 bits per heavy atom. The highest BCUT2D eigenvalue weighted by molar-refractivity contribution is 9.11. The summed E-state index contributed by atoms with van der Waals surface area (Å²) in [5.74, 6) is 0.800. The first-order valence-corrected chi connectivity index (χ1v) is 5.39. The van der Waals surface area contributed by atoms with E-state index in [0.717, 1.165) is 14.7 Å². The molecule has 0 radical (unpaired) electrons. The van der Waals surface area contributed by atoms with E-state index in [-0.39, 0.29) is 0 Å². The zero-order valence-electron chi connectivity index (χ0n) is 6.40. The highest BCUT2D eigenvalue weighted by atomic mass is 79.9. The van der Waals surface area contributed by atoms with Crippen LogP contribution in [0.3, 0.4) is 0 Å². The fraction of sp³-hybridized carbons (Fsp3) is 0.250. The molecule has 0 spiro atoms. The van der Waals surface area contributed by atoms with Crippen molar-refractivity contribution >= 4 is 43.5 Å². The van der Waals surface area contributed by atoms with Gasteiger partial charge < -0.3 is 4.74 Å². The number of hydrogen-bond acceptors (Lipinski definition) is 1. The van der Waals surface area contributed by atoms with E-state index in [2.05, 4.69) is 31.9 Å². The summed E-state index contributed by atoms with van der Waals surface area (Å²) >= 11 is 12.5. The third-order valence-electron chi connectivity index (χ3n) is 1.27.